The minimum absolute atomic E-state index is 0.0434. The molecule has 1 aromatic rings. The molecule has 5 nitrogen and oxygen atoms in total. The predicted molar refractivity (Wildman–Crippen MR) is 97.4 cm³/mol. The number of nitrogens with zero attached hydrogens (tertiary/aromatic N) is 1. The number of morpholine rings is 1. The summed E-state index contributed by atoms with van der Waals surface area (Å²) in [5.41, 5.74) is 1.01. The Labute approximate surface area is 150 Å². The van der Waals surface area contributed by atoms with Crippen molar-refractivity contribution in [1.82, 2.24) is 10.2 Å². The largest absolute Gasteiger partial charge is 0.445 e. The van der Waals surface area contributed by atoms with E-state index in [0.717, 1.165) is 18.0 Å². The predicted octanol–water partition coefficient (Wildman–Crippen LogP) is 3.19. The Morgan fingerprint density at radius 2 is 2.08 bits per heavy atom. The molecule has 0 aromatic heterocycles. The third-order valence-corrected chi connectivity index (χ3v) is 5.38. The third-order valence-electron chi connectivity index (χ3n) is 5.38. The fraction of sp³-hybridized carbons (Fsp3) is 0.650. The van der Waals surface area contributed by atoms with Crippen molar-refractivity contribution in [2.24, 2.45) is 5.92 Å². The second kappa shape index (κ2) is 9.20. The van der Waals surface area contributed by atoms with Gasteiger partial charge in [0.1, 0.15) is 6.61 Å². The SMILES string of the molecule is CC(NCC1CN(C(=O)OCc2ccccc2)CCO1)C1CCCC1. The van der Waals surface area contributed by atoms with Gasteiger partial charge in [-0.1, -0.05) is 43.2 Å². The number of hydrogen-bond donors (Lipinski definition) is 1. The van der Waals surface area contributed by atoms with E-state index in [9.17, 15) is 4.79 Å². The molecule has 138 valence electrons. The first-order valence-corrected chi connectivity index (χ1v) is 9.53. The van der Waals surface area contributed by atoms with Gasteiger partial charge < -0.3 is 19.7 Å². The van der Waals surface area contributed by atoms with Gasteiger partial charge in [0.15, 0.2) is 0 Å². The molecule has 5 heteroatoms. The first kappa shape index (κ1) is 18.2. The van der Waals surface area contributed by atoms with Crippen molar-refractivity contribution in [3.8, 4) is 0 Å². The van der Waals surface area contributed by atoms with Gasteiger partial charge in [-0.15, -0.1) is 0 Å². The van der Waals surface area contributed by atoms with E-state index in [2.05, 4.69) is 12.2 Å². The molecule has 2 aliphatic rings. The molecular formula is C20H30N2O3. The monoisotopic (exact) mass is 346 g/mol. The van der Waals surface area contributed by atoms with E-state index in [1.807, 2.05) is 30.3 Å². The normalized spacial score (nSPS) is 22.8. The van der Waals surface area contributed by atoms with Crippen LogP contribution >= 0.6 is 0 Å². The lowest BCUT2D eigenvalue weighted by atomic mass is 10.00. The number of ether oxygens (including phenoxy) is 2. The summed E-state index contributed by atoms with van der Waals surface area (Å²) in [6, 6.07) is 10.3. The van der Waals surface area contributed by atoms with Gasteiger partial charge in [-0.2, -0.15) is 0 Å². The summed E-state index contributed by atoms with van der Waals surface area (Å²) < 4.78 is 11.3. The van der Waals surface area contributed by atoms with Crippen LogP contribution in [0.5, 0.6) is 0 Å². The van der Waals surface area contributed by atoms with E-state index in [1.165, 1.54) is 25.7 Å². The van der Waals surface area contributed by atoms with Crippen LogP contribution in [0.15, 0.2) is 30.3 Å². The second-order valence-electron chi connectivity index (χ2n) is 7.22. The molecule has 1 saturated carbocycles. The highest BCUT2D eigenvalue weighted by atomic mass is 16.6. The lowest BCUT2D eigenvalue weighted by Gasteiger charge is -2.33. The molecule has 1 aromatic carbocycles. The molecule has 25 heavy (non-hydrogen) atoms. The van der Waals surface area contributed by atoms with E-state index in [1.54, 1.807) is 4.90 Å². The van der Waals surface area contributed by atoms with Crippen LogP contribution in [-0.4, -0.2) is 49.4 Å². The molecule has 0 spiro atoms. The molecule has 1 aliphatic carbocycles. The summed E-state index contributed by atoms with van der Waals surface area (Å²) in [5.74, 6) is 0.788. The van der Waals surface area contributed by atoms with Crippen molar-refractivity contribution in [2.45, 2.75) is 51.4 Å². The van der Waals surface area contributed by atoms with Gasteiger partial charge >= 0.3 is 6.09 Å². The van der Waals surface area contributed by atoms with Crippen molar-refractivity contribution >= 4 is 6.09 Å². The van der Waals surface area contributed by atoms with Crippen molar-refractivity contribution in [3.63, 3.8) is 0 Å². The summed E-state index contributed by atoms with van der Waals surface area (Å²) in [5, 5.41) is 3.61. The zero-order chi connectivity index (χ0) is 17.5. The van der Waals surface area contributed by atoms with Crippen LogP contribution in [0.3, 0.4) is 0 Å². The number of carbonyl (C=O) groups excluding carboxylic acids is 1. The van der Waals surface area contributed by atoms with Gasteiger partial charge in [0, 0.05) is 19.1 Å². The number of hydrogen-bond acceptors (Lipinski definition) is 4. The minimum Gasteiger partial charge on any atom is -0.445 e. The third kappa shape index (κ3) is 5.44. The van der Waals surface area contributed by atoms with Crippen LogP contribution in [0, 0.1) is 5.92 Å². The van der Waals surface area contributed by atoms with Gasteiger partial charge in [0.05, 0.1) is 19.3 Å². The molecule has 1 amide bonds. The lowest BCUT2D eigenvalue weighted by molar-refractivity contribution is -0.0283. The first-order valence-electron chi connectivity index (χ1n) is 9.53. The molecular weight excluding hydrogens is 316 g/mol. The van der Waals surface area contributed by atoms with Crippen LogP contribution < -0.4 is 5.32 Å². The lowest BCUT2D eigenvalue weighted by Crippen LogP contribution is -2.50. The van der Waals surface area contributed by atoms with E-state index >= 15 is 0 Å². The molecule has 3 rings (SSSR count). The fourth-order valence-corrected chi connectivity index (χ4v) is 3.76. The van der Waals surface area contributed by atoms with Crippen LogP contribution in [-0.2, 0) is 16.1 Å². The Bertz CT molecular complexity index is 531. The molecule has 0 bridgehead atoms. The van der Waals surface area contributed by atoms with Gasteiger partial charge in [-0.25, -0.2) is 4.79 Å². The van der Waals surface area contributed by atoms with E-state index in [-0.39, 0.29) is 12.2 Å². The van der Waals surface area contributed by atoms with E-state index in [4.69, 9.17) is 9.47 Å². The average molecular weight is 346 g/mol. The molecule has 2 unspecified atom stereocenters. The second-order valence-corrected chi connectivity index (χ2v) is 7.22. The summed E-state index contributed by atoms with van der Waals surface area (Å²) >= 11 is 0. The number of amides is 1. The van der Waals surface area contributed by atoms with E-state index in [0.29, 0.717) is 32.3 Å². The van der Waals surface area contributed by atoms with Gasteiger partial charge in [0.25, 0.3) is 0 Å². The molecule has 2 fully saturated rings. The summed E-state index contributed by atoms with van der Waals surface area (Å²) in [7, 11) is 0. The van der Waals surface area contributed by atoms with Crippen LogP contribution in [0.2, 0.25) is 0 Å². The Balaban J connectivity index is 1.40. The highest BCUT2D eigenvalue weighted by Crippen LogP contribution is 2.27. The summed E-state index contributed by atoms with van der Waals surface area (Å²) in [6.45, 7) is 5.15. The van der Waals surface area contributed by atoms with Gasteiger partial charge in [-0.3, -0.25) is 0 Å². The maximum absolute atomic E-state index is 12.3. The Morgan fingerprint density at radius 1 is 1.32 bits per heavy atom. The molecule has 1 aliphatic heterocycles. The van der Waals surface area contributed by atoms with Crippen molar-refractivity contribution in [2.75, 3.05) is 26.2 Å². The van der Waals surface area contributed by atoms with Crippen molar-refractivity contribution < 1.29 is 14.3 Å². The first-order chi connectivity index (χ1) is 12.2. The Hall–Kier alpha value is -1.59. The Kier molecular flexibility index (Phi) is 6.70. The topological polar surface area (TPSA) is 50.8 Å². The molecule has 1 saturated heterocycles. The number of nitrogens with one attached hydrogen (secondary N) is 1. The van der Waals surface area contributed by atoms with E-state index < -0.39 is 0 Å². The molecule has 1 heterocycles. The van der Waals surface area contributed by atoms with Crippen LogP contribution in [0.4, 0.5) is 4.79 Å². The standard InChI is InChI=1S/C20H30N2O3/c1-16(18-9-5-6-10-18)21-13-19-14-22(11-12-24-19)20(23)25-15-17-7-3-2-4-8-17/h2-4,7-8,16,18-19,21H,5-6,9-15H2,1H3. The Morgan fingerprint density at radius 3 is 2.84 bits per heavy atom. The quantitative estimate of drug-likeness (QED) is 0.859. The van der Waals surface area contributed by atoms with Crippen LogP contribution in [0.25, 0.3) is 0 Å². The molecule has 2 atom stereocenters. The summed E-state index contributed by atoms with van der Waals surface area (Å²) in [4.78, 5) is 14.1. The molecule has 0 radical (unpaired) electrons. The number of carbonyl (C=O) groups is 1. The highest BCUT2D eigenvalue weighted by Gasteiger charge is 2.27. The highest BCUT2D eigenvalue weighted by molar-refractivity contribution is 5.67. The maximum atomic E-state index is 12.3. The van der Waals surface area contributed by atoms with Gasteiger partial charge in [-0.05, 0) is 31.2 Å². The number of benzene rings is 1. The smallest absolute Gasteiger partial charge is 0.410 e. The van der Waals surface area contributed by atoms with Gasteiger partial charge in [0.2, 0.25) is 0 Å². The average Bonchev–Trinajstić information content (AvgIpc) is 3.20. The number of rotatable bonds is 6. The fourth-order valence-electron chi connectivity index (χ4n) is 3.76. The van der Waals surface area contributed by atoms with Crippen molar-refractivity contribution in [1.29, 1.82) is 0 Å². The molecule has 1 N–H and O–H groups in total. The summed E-state index contributed by atoms with van der Waals surface area (Å²) in [6.07, 6.45) is 5.17. The van der Waals surface area contributed by atoms with Crippen LogP contribution in [0.1, 0.15) is 38.2 Å². The zero-order valence-electron chi connectivity index (χ0n) is 15.2. The van der Waals surface area contributed by atoms with Crippen molar-refractivity contribution in [3.05, 3.63) is 35.9 Å². The minimum atomic E-state index is -0.249. The zero-order valence-corrected chi connectivity index (χ0v) is 15.2. The maximum Gasteiger partial charge on any atom is 0.410 e.